The van der Waals surface area contributed by atoms with Crippen LogP contribution < -0.4 is 0 Å². The average Bonchev–Trinajstić information content (AvgIpc) is 2.41. The Morgan fingerprint density at radius 3 is 2.84 bits per heavy atom. The van der Waals surface area contributed by atoms with Crippen molar-refractivity contribution in [3.8, 4) is 0 Å². The summed E-state index contributed by atoms with van der Waals surface area (Å²) >= 11 is 0. The molecule has 1 fully saturated rings. The molecule has 3 heteroatoms. The molecule has 106 valence electrons. The van der Waals surface area contributed by atoms with Gasteiger partial charge in [-0.3, -0.25) is 9.88 Å². The van der Waals surface area contributed by atoms with E-state index in [1.807, 2.05) is 18.3 Å². The minimum Gasteiger partial charge on any atom is -0.391 e. The Hall–Kier alpha value is -0.930. The van der Waals surface area contributed by atoms with Gasteiger partial charge in [0.15, 0.2) is 0 Å². The summed E-state index contributed by atoms with van der Waals surface area (Å²) < 4.78 is 0. The van der Waals surface area contributed by atoms with Gasteiger partial charge in [0.25, 0.3) is 0 Å². The maximum Gasteiger partial charge on any atom is 0.0746 e. The van der Waals surface area contributed by atoms with E-state index < -0.39 is 0 Å². The van der Waals surface area contributed by atoms with Gasteiger partial charge in [0, 0.05) is 18.8 Å². The SMILES string of the molecule is CCN(Cc1ccccn1)C1CCCC(C)(C)C1O. The molecule has 0 bridgehead atoms. The van der Waals surface area contributed by atoms with Crippen molar-refractivity contribution in [3.05, 3.63) is 30.1 Å². The van der Waals surface area contributed by atoms with Crippen LogP contribution in [0.15, 0.2) is 24.4 Å². The molecular weight excluding hydrogens is 236 g/mol. The van der Waals surface area contributed by atoms with Gasteiger partial charge < -0.3 is 5.11 Å². The van der Waals surface area contributed by atoms with Crippen LogP contribution in [0, 0.1) is 5.41 Å². The zero-order valence-electron chi connectivity index (χ0n) is 12.3. The average molecular weight is 262 g/mol. The lowest BCUT2D eigenvalue weighted by atomic mass is 9.72. The Kier molecular flexibility index (Phi) is 4.58. The van der Waals surface area contributed by atoms with E-state index in [9.17, 15) is 5.11 Å². The highest BCUT2D eigenvalue weighted by molar-refractivity contribution is 5.04. The van der Waals surface area contributed by atoms with Crippen LogP contribution in [0.25, 0.3) is 0 Å². The number of aliphatic hydroxyl groups excluding tert-OH is 1. The number of aromatic nitrogens is 1. The van der Waals surface area contributed by atoms with Gasteiger partial charge in [-0.05, 0) is 36.9 Å². The fraction of sp³-hybridized carbons (Fsp3) is 0.688. The number of aliphatic hydroxyl groups is 1. The van der Waals surface area contributed by atoms with Gasteiger partial charge in [-0.15, -0.1) is 0 Å². The fourth-order valence-electron chi connectivity index (χ4n) is 3.14. The number of pyridine rings is 1. The highest BCUT2D eigenvalue weighted by Gasteiger charge is 2.39. The first kappa shape index (κ1) is 14.5. The van der Waals surface area contributed by atoms with Gasteiger partial charge in [0.2, 0.25) is 0 Å². The van der Waals surface area contributed by atoms with Crippen molar-refractivity contribution in [1.29, 1.82) is 0 Å². The van der Waals surface area contributed by atoms with Crippen LogP contribution in [0.4, 0.5) is 0 Å². The quantitative estimate of drug-likeness (QED) is 0.906. The fourth-order valence-corrected chi connectivity index (χ4v) is 3.14. The van der Waals surface area contributed by atoms with Crippen molar-refractivity contribution in [2.75, 3.05) is 6.54 Å². The minimum atomic E-state index is -0.245. The van der Waals surface area contributed by atoms with Crippen molar-refractivity contribution in [3.63, 3.8) is 0 Å². The van der Waals surface area contributed by atoms with Crippen LogP contribution in [-0.4, -0.2) is 33.7 Å². The molecule has 1 aromatic rings. The predicted molar refractivity (Wildman–Crippen MR) is 77.7 cm³/mol. The molecule has 0 radical (unpaired) electrons. The normalized spacial score (nSPS) is 26.6. The maximum atomic E-state index is 10.6. The third-order valence-electron chi connectivity index (χ3n) is 4.45. The van der Waals surface area contributed by atoms with E-state index >= 15 is 0 Å². The molecule has 1 heterocycles. The topological polar surface area (TPSA) is 36.4 Å². The Balaban J connectivity index is 2.09. The zero-order valence-corrected chi connectivity index (χ0v) is 12.3. The Bertz CT molecular complexity index is 391. The molecule has 0 aliphatic heterocycles. The number of likely N-dealkylation sites (N-methyl/N-ethyl adjacent to an activating group) is 1. The minimum absolute atomic E-state index is 0.0282. The molecule has 1 aromatic heterocycles. The van der Waals surface area contributed by atoms with Crippen LogP contribution in [0.3, 0.4) is 0 Å². The number of nitrogens with zero attached hydrogens (tertiary/aromatic N) is 2. The molecule has 0 spiro atoms. The summed E-state index contributed by atoms with van der Waals surface area (Å²) in [4.78, 5) is 6.77. The van der Waals surface area contributed by atoms with Gasteiger partial charge in [-0.1, -0.05) is 33.3 Å². The summed E-state index contributed by atoms with van der Waals surface area (Å²) in [5.41, 5.74) is 1.11. The largest absolute Gasteiger partial charge is 0.391 e. The smallest absolute Gasteiger partial charge is 0.0746 e. The number of hydrogen-bond donors (Lipinski definition) is 1. The van der Waals surface area contributed by atoms with Crippen molar-refractivity contribution in [2.45, 2.75) is 58.7 Å². The van der Waals surface area contributed by atoms with Gasteiger partial charge in [0.1, 0.15) is 0 Å². The standard InChI is InChI=1S/C16H26N2O/c1-4-18(12-13-8-5-6-11-17-13)14-9-7-10-16(2,3)15(14)19/h5-6,8,11,14-15,19H,4,7,9-10,12H2,1-3H3. The molecule has 1 aliphatic carbocycles. The first-order valence-electron chi connectivity index (χ1n) is 7.36. The second kappa shape index (κ2) is 6.02. The maximum absolute atomic E-state index is 10.6. The lowest BCUT2D eigenvalue weighted by Crippen LogP contribution is -2.52. The highest BCUT2D eigenvalue weighted by atomic mass is 16.3. The molecule has 1 saturated carbocycles. The van der Waals surface area contributed by atoms with E-state index in [1.54, 1.807) is 0 Å². The molecule has 0 amide bonds. The van der Waals surface area contributed by atoms with Crippen LogP contribution in [0.2, 0.25) is 0 Å². The molecule has 0 aromatic carbocycles. The summed E-state index contributed by atoms with van der Waals surface area (Å²) in [6, 6.07) is 6.29. The third kappa shape index (κ3) is 3.34. The van der Waals surface area contributed by atoms with Crippen LogP contribution in [-0.2, 0) is 6.54 Å². The van der Waals surface area contributed by atoms with Crippen LogP contribution in [0.5, 0.6) is 0 Å². The van der Waals surface area contributed by atoms with E-state index in [1.165, 1.54) is 6.42 Å². The first-order valence-corrected chi connectivity index (χ1v) is 7.36. The molecule has 19 heavy (non-hydrogen) atoms. The molecular formula is C16H26N2O. The molecule has 1 N–H and O–H groups in total. The van der Waals surface area contributed by atoms with Gasteiger partial charge >= 0.3 is 0 Å². The van der Waals surface area contributed by atoms with E-state index in [4.69, 9.17) is 0 Å². The summed E-state index contributed by atoms with van der Waals surface area (Å²) in [7, 11) is 0. The second-order valence-corrected chi connectivity index (χ2v) is 6.28. The summed E-state index contributed by atoms with van der Waals surface area (Å²) in [5.74, 6) is 0. The highest BCUT2D eigenvalue weighted by Crippen LogP contribution is 2.37. The summed E-state index contributed by atoms with van der Waals surface area (Å²) in [5, 5.41) is 10.6. The molecule has 1 aliphatic rings. The van der Waals surface area contributed by atoms with Crippen molar-refractivity contribution < 1.29 is 5.11 Å². The van der Waals surface area contributed by atoms with Gasteiger partial charge in [-0.25, -0.2) is 0 Å². The number of rotatable bonds is 4. The third-order valence-corrected chi connectivity index (χ3v) is 4.45. The van der Waals surface area contributed by atoms with E-state index in [0.717, 1.165) is 31.6 Å². The lowest BCUT2D eigenvalue weighted by Gasteiger charge is -2.45. The van der Waals surface area contributed by atoms with Crippen molar-refractivity contribution >= 4 is 0 Å². The van der Waals surface area contributed by atoms with Gasteiger partial charge in [0.05, 0.1) is 11.8 Å². The monoisotopic (exact) mass is 262 g/mol. The van der Waals surface area contributed by atoms with E-state index in [2.05, 4.69) is 36.7 Å². The molecule has 2 rings (SSSR count). The molecule has 2 atom stereocenters. The van der Waals surface area contributed by atoms with Crippen molar-refractivity contribution in [1.82, 2.24) is 9.88 Å². The second-order valence-electron chi connectivity index (χ2n) is 6.28. The molecule has 2 unspecified atom stereocenters. The Morgan fingerprint density at radius 2 is 2.21 bits per heavy atom. The van der Waals surface area contributed by atoms with E-state index in [-0.39, 0.29) is 17.6 Å². The van der Waals surface area contributed by atoms with E-state index in [0.29, 0.717) is 0 Å². The first-order chi connectivity index (χ1) is 9.04. The Morgan fingerprint density at radius 1 is 1.42 bits per heavy atom. The predicted octanol–water partition coefficient (Wildman–Crippen LogP) is 2.84. The Labute approximate surface area is 116 Å². The molecule has 3 nitrogen and oxygen atoms in total. The van der Waals surface area contributed by atoms with Crippen molar-refractivity contribution in [2.24, 2.45) is 5.41 Å². The summed E-state index contributed by atoms with van der Waals surface area (Å²) in [6.45, 7) is 8.30. The lowest BCUT2D eigenvalue weighted by molar-refractivity contribution is -0.0587. The zero-order chi connectivity index (χ0) is 13.9. The summed E-state index contributed by atoms with van der Waals surface area (Å²) in [6.07, 6.45) is 5.00. The van der Waals surface area contributed by atoms with Crippen LogP contribution in [0.1, 0.15) is 45.7 Å². The van der Waals surface area contributed by atoms with Crippen LogP contribution >= 0.6 is 0 Å². The number of hydrogen-bond acceptors (Lipinski definition) is 3. The molecule has 0 saturated heterocycles. The van der Waals surface area contributed by atoms with Gasteiger partial charge in [-0.2, -0.15) is 0 Å².